The van der Waals surface area contributed by atoms with E-state index in [1.807, 2.05) is 18.2 Å². The molecule has 1 nitrogen and oxygen atoms in total. The molecular weight excluding hydrogens is 220 g/mol. The molecule has 0 saturated carbocycles. The van der Waals surface area contributed by atoms with E-state index in [-0.39, 0.29) is 6.10 Å². The molecule has 2 aromatic rings. The predicted molar refractivity (Wildman–Crippen MR) is 75.8 cm³/mol. The molecule has 18 heavy (non-hydrogen) atoms. The molecular formula is C17H20O. The molecule has 1 unspecified atom stereocenters. The van der Waals surface area contributed by atoms with Crippen LogP contribution in [0.4, 0.5) is 0 Å². The Morgan fingerprint density at radius 3 is 2.17 bits per heavy atom. The highest BCUT2D eigenvalue weighted by molar-refractivity contribution is 5.30. The molecule has 0 aliphatic heterocycles. The monoisotopic (exact) mass is 240 g/mol. The van der Waals surface area contributed by atoms with Gasteiger partial charge in [0.2, 0.25) is 0 Å². The fourth-order valence-electron chi connectivity index (χ4n) is 2.16. The second kappa shape index (κ2) is 5.83. The molecule has 0 heterocycles. The van der Waals surface area contributed by atoms with E-state index in [1.165, 1.54) is 22.3 Å². The van der Waals surface area contributed by atoms with Crippen molar-refractivity contribution >= 4 is 0 Å². The van der Waals surface area contributed by atoms with Crippen LogP contribution in [-0.4, -0.2) is 11.2 Å². The van der Waals surface area contributed by atoms with E-state index in [4.69, 9.17) is 0 Å². The fraction of sp³-hybridized carbons (Fsp3) is 0.294. The van der Waals surface area contributed by atoms with Crippen molar-refractivity contribution in [3.05, 3.63) is 70.8 Å². The summed E-state index contributed by atoms with van der Waals surface area (Å²) in [4.78, 5) is 0. The first-order valence-corrected chi connectivity index (χ1v) is 6.43. The van der Waals surface area contributed by atoms with Gasteiger partial charge in [-0.3, -0.25) is 0 Å². The van der Waals surface area contributed by atoms with E-state index >= 15 is 0 Å². The zero-order valence-electron chi connectivity index (χ0n) is 11.1. The first-order chi connectivity index (χ1) is 8.65. The molecule has 0 fully saturated rings. The number of benzene rings is 2. The second-order valence-electron chi connectivity index (χ2n) is 4.97. The van der Waals surface area contributed by atoms with E-state index in [1.54, 1.807) is 0 Å². The lowest BCUT2D eigenvalue weighted by Gasteiger charge is -2.12. The molecule has 0 amide bonds. The van der Waals surface area contributed by atoms with Gasteiger partial charge in [0.25, 0.3) is 0 Å². The minimum atomic E-state index is -0.311. The van der Waals surface area contributed by atoms with Gasteiger partial charge in [0.1, 0.15) is 0 Å². The number of aliphatic hydroxyl groups is 1. The van der Waals surface area contributed by atoms with Crippen molar-refractivity contribution in [1.82, 2.24) is 0 Å². The molecule has 1 heteroatoms. The van der Waals surface area contributed by atoms with Crippen LogP contribution in [-0.2, 0) is 12.8 Å². The number of hydrogen-bond donors (Lipinski definition) is 1. The van der Waals surface area contributed by atoms with E-state index < -0.39 is 0 Å². The standard InChI is InChI=1S/C17H20O/c1-13-8-9-16(10-14(13)2)12-17(18)11-15-6-4-3-5-7-15/h3-10,17-18H,11-12H2,1-2H3. The number of aryl methyl sites for hydroxylation is 2. The van der Waals surface area contributed by atoms with Crippen molar-refractivity contribution in [2.75, 3.05) is 0 Å². The van der Waals surface area contributed by atoms with Crippen LogP contribution >= 0.6 is 0 Å². The van der Waals surface area contributed by atoms with Crippen molar-refractivity contribution in [2.45, 2.75) is 32.8 Å². The molecule has 0 spiro atoms. The fourth-order valence-corrected chi connectivity index (χ4v) is 2.16. The Labute approximate surface area is 109 Å². The summed E-state index contributed by atoms with van der Waals surface area (Å²) >= 11 is 0. The Bertz CT molecular complexity index is 502. The van der Waals surface area contributed by atoms with Gasteiger partial charge in [-0.2, -0.15) is 0 Å². The van der Waals surface area contributed by atoms with Gasteiger partial charge in [0, 0.05) is 0 Å². The minimum Gasteiger partial charge on any atom is -0.392 e. The molecule has 2 aromatic carbocycles. The molecule has 0 aliphatic carbocycles. The van der Waals surface area contributed by atoms with Crippen LogP contribution in [0, 0.1) is 13.8 Å². The van der Waals surface area contributed by atoms with Crippen molar-refractivity contribution in [1.29, 1.82) is 0 Å². The van der Waals surface area contributed by atoms with Gasteiger partial charge >= 0.3 is 0 Å². The normalized spacial score (nSPS) is 12.4. The SMILES string of the molecule is Cc1ccc(CC(O)Cc2ccccc2)cc1C. The molecule has 0 bridgehead atoms. The number of rotatable bonds is 4. The average molecular weight is 240 g/mol. The van der Waals surface area contributed by atoms with Crippen molar-refractivity contribution in [3.8, 4) is 0 Å². The summed E-state index contributed by atoms with van der Waals surface area (Å²) < 4.78 is 0. The summed E-state index contributed by atoms with van der Waals surface area (Å²) in [6, 6.07) is 16.5. The second-order valence-corrected chi connectivity index (χ2v) is 4.97. The summed E-state index contributed by atoms with van der Waals surface area (Å²) in [5, 5.41) is 10.1. The first-order valence-electron chi connectivity index (χ1n) is 6.43. The summed E-state index contributed by atoms with van der Waals surface area (Å²) in [5.41, 5.74) is 4.99. The highest BCUT2D eigenvalue weighted by Gasteiger charge is 2.07. The third-order valence-corrected chi connectivity index (χ3v) is 3.36. The Morgan fingerprint density at radius 2 is 1.50 bits per heavy atom. The lowest BCUT2D eigenvalue weighted by Crippen LogP contribution is -2.14. The van der Waals surface area contributed by atoms with Crippen molar-refractivity contribution in [2.24, 2.45) is 0 Å². The van der Waals surface area contributed by atoms with E-state index in [0.717, 1.165) is 6.42 Å². The quantitative estimate of drug-likeness (QED) is 0.868. The predicted octanol–water partition coefficient (Wildman–Crippen LogP) is 3.45. The number of aliphatic hydroxyl groups excluding tert-OH is 1. The van der Waals surface area contributed by atoms with E-state index in [2.05, 4.69) is 44.2 Å². The lowest BCUT2D eigenvalue weighted by atomic mass is 9.98. The van der Waals surface area contributed by atoms with Gasteiger partial charge in [0.05, 0.1) is 6.10 Å². The van der Waals surface area contributed by atoms with E-state index in [0.29, 0.717) is 6.42 Å². The highest BCUT2D eigenvalue weighted by Crippen LogP contribution is 2.13. The molecule has 0 aliphatic rings. The van der Waals surface area contributed by atoms with Crippen LogP contribution in [0.3, 0.4) is 0 Å². The maximum Gasteiger partial charge on any atom is 0.0620 e. The minimum absolute atomic E-state index is 0.311. The Hall–Kier alpha value is -1.60. The molecule has 2 rings (SSSR count). The zero-order chi connectivity index (χ0) is 13.0. The molecule has 0 saturated heterocycles. The van der Waals surface area contributed by atoms with Crippen LogP contribution in [0.2, 0.25) is 0 Å². The third kappa shape index (κ3) is 3.44. The maximum absolute atomic E-state index is 10.1. The first kappa shape index (κ1) is 12.8. The number of hydrogen-bond acceptors (Lipinski definition) is 1. The molecule has 94 valence electrons. The van der Waals surface area contributed by atoms with Crippen LogP contribution in [0.25, 0.3) is 0 Å². The molecule has 1 N–H and O–H groups in total. The van der Waals surface area contributed by atoms with Crippen LogP contribution < -0.4 is 0 Å². The van der Waals surface area contributed by atoms with Gasteiger partial charge in [-0.1, -0.05) is 48.5 Å². The summed E-state index contributed by atoms with van der Waals surface area (Å²) in [7, 11) is 0. The van der Waals surface area contributed by atoms with Gasteiger partial charge in [-0.05, 0) is 48.9 Å². The van der Waals surface area contributed by atoms with Crippen molar-refractivity contribution < 1.29 is 5.11 Å². The van der Waals surface area contributed by atoms with Gasteiger partial charge in [0.15, 0.2) is 0 Å². The van der Waals surface area contributed by atoms with Gasteiger partial charge in [-0.25, -0.2) is 0 Å². The molecule has 0 aromatic heterocycles. The third-order valence-electron chi connectivity index (χ3n) is 3.36. The van der Waals surface area contributed by atoms with Crippen LogP contribution in [0.15, 0.2) is 48.5 Å². The Balaban J connectivity index is 1.99. The topological polar surface area (TPSA) is 20.2 Å². The summed E-state index contributed by atoms with van der Waals surface area (Å²) in [6.45, 7) is 4.22. The van der Waals surface area contributed by atoms with E-state index in [9.17, 15) is 5.11 Å². The molecule has 1 atom stereocenters. The van der Waals surface area contributed by atoms with Crippen LogP contribution in [0.5, 0.6) is 0 Å². The van der Waals surface area contributed by atoms with Gasteiger partial charge in [-0.15, -0.1) is 0 Å². The van der Waals surface area contributed by atoms with Crippen molar-refractivity contribution in [3.63, 3.8) is 0 Å². The highest BCUT2D eigenvalue weighted by atomic mass is 16.3. The summed E-state index contributed by atoms with van der Waals surface area (Å²) in [6.07, 6.45) is 1.12. The largest absolute Gasteiger partial charge is 0.392 e. The summed E-state index contributed by atoms with van der Waals surface area (Å²) in [5.74, 6) is 0. The zero-order valence-corrected chi connectivity index (χ0v) is 11.1. The molecule has 0 radical (unpaired) electrons. The van der Waals surface area contributed by atoms with Crippen LogP contribution in [0.1, 0.15) is 22.3 Å². The maximum atomic E-state index is 10.1. The average Bonchev–Trinajstić information content (AvgIpc) is 2.35. The lowest BCUT2D eigenvalue weighted by molar-refractivity contribution is 0.175. The Morgan fingerprint density at radius 1 is 0.833 bits per heavy atom. The Kier molecular flexibility index (Phi) is 4.16. The smallest absolute Gasteiger partial charge is 0.0620 e. The van der Waals surface area contributed by atoms with Gasteiger partial charge < -0.3 is 5.11 Å².